The Bertz CT molecular complexity index is 274. The molecule has 0 saturated heterocycles. The van der Waals surface area contributed by atoms with E-state index in [9.17, 15) is 0 Å². The van der Waals surface area contributed by atoms with Gasteiger partial charge < -0.3 is 0 Å². The number of aryl methyl sites for hydroxylation is 1. The van der Waals surface area contributed by atoms with E-state index >= 15 is 0 Å². The monoisotopic (exact) mass is 209 g/mol. The molecular weight excluding hydrogens is 190 g/mol. The van der Waals surface area contributed by atoms with Gasteiger partial charge in [-0.15, -0.1) is 11.3 Å². The molecule has 1 aromatic rings. The van der Waals surface area contributed by atoms with Crippen molar-refractivity contribution in [2.75, 3.05) is 0 Å². The largest absolute Gasteiger partial charge is 0.249 e. The molecule has 1 saturated carbocycles. The van der Waals surface area contributed by atoms with Crippen LogP contribution in [0.5, 0.6) is 0 Å². The summed E-state index contributed by atoms with van der Waals surface area (Å²) < 4.78 is 0. The van der Waals surface area contributed by atoms with Crippen molar-refractivity contribution in [3.05, 3.63) is 16.1 Å². The van der Waals surface area contributed by atoms with Gasteiger partial charge >= 0.3 is 0 Å². The van der Waals surface area contributed by atoms with Crippen LogP contribution >= 0.6 is 11.3 Å². The van der Waals surface area contributed by atoms with Crippen LogP contribution in [0.1, 0.15) is 48.9 Å². The second-order valence-electron chi connectivity index (χ2n) is 4.28. The number of thiazole rings is 1. The molecule has 2 heteroatoms. The Kier molecular flexibility index (Phi) is 3.57. The first-order chi connectivity index (χ1) is 6.88. The van der Waals surface area contributed by atoms with Gasteiger partial charge in [-0.3, -0.25) is 0 Å². The van der Waals surface area contributed by atoms with E-state index < -0.39 is 0 Å². The molecule has 0 spiro atoms. The predicted octanol–water partition coefficient (Wildman–Crippen LogP) is 3.83. The van der Waals surface area contributed by atoms with Gasteiger partial charge in [0.1, 0.15) is 0 Å². The van der Waals surface area contributed by atoms with E-state index in [-0.39, 0.29) is 0 Å². The van der Waals surface area contributed by atoms with Crippen LogP contribution in [0.15, 0.2) is 6.20 Å². The van der Waals surface area contributed by atoms with Crippen molar-refractivity contribution in [3.8, 4) is 0 Å². The first-order valence-corrected chi connectivity index (χ1v) is 6.63. The minimum Gasteiger partial charge on any atom is -0.249 e. The molecule has 0 atom stereocenters. The molecule has 78 valence electrons. The van der Waals surface area contributed by atoms with Crippen LogP contribution in [0.4, 0.5) is 0 Å². The van der Waals surface area contributed by atoms with Gasteiger partial charge in [-0.05, 0) is 12.3 Å². The van der Waals surface area contributed by atoms with E-state index in [1.54, 1.807) is 0 Å². The maximum Gasteiger partial charge on any atom is 0.0930 e. The number of aromatic nitrogens is 1. The summed E-state index contributed by atoms with van der Waals surface area (Å²) in [4.78, 5) is 5.94. The highest BCUT2D eigenvalue weighted by Gasteiger charge is 2.15. The fraction of sp³-hybridized carbons (Fsp3) is 0.750. The number of hydrogen-bond donors (Lipinski definition) is 0. The van der Waals surface area contributed by atoms with Gasteiger partial charge in [0.2, 0.25) is 0 Å². The van der Waals surface area contributed by atoms with Crippen molar-refractivity contribution < 1.29 is 0 Å². The maximum absolute atomic E-state index is 4.50. The number of nitrogens with zero attached hydrogens (tertiary/aromatic N) is 1. The van der Waals surface area contributed by atoms with Gasteiger partial charge in [-0.2, -0.15) is 0 Å². The predicted molar refractivity (Wildman–Crippen MR) is 61.8 cm³/mol. The summed E-state index contributed by atoms with van der Waals surface area (Å²) >= 11 is 1.92. The highest BCUT2D eigenvalue weighted by Crippen LogP contribution is 2.28. The van der Waals surface area contributed by atoms with E-state index in [1.807, 2.05) is 11.3 Å². The minimum absolute atomic E-state index is 0.930. The van der Waals surface area contributed by atoms with Gasteiger partial charge in [0.25, 0.3) is 0 Å². The average molecular weight is 209 g/mol. The second kappa shape index (κ2) is 4.92. The molecular formula is C12H19NS. The standard InChI is InChI=1S/C12H19NS/c1-2-11-9-13-12(14-11)8-10-6-4-3-5-7-10/h9-10H,2-8H2,1H3. The molecule has 14 heavy (non-hydrogen) atoms. The van der Waals surface area contributed by atoms with Crippen LogP contribution in [0.2, 0.25) is 0 Å². The highest BCUT2D eigenvalue weighted by atomic mass is 32.1. The quantitative estimate of drug-likeness (QED) is 0.737. The summed E-state index contributed by atoms with van der Waals surface area (Å²) in [5.41, 5.74) is 0. The summed E-state index contributed by atoms with van der Waals surface area (Å²) in [6.45, 7) is 2.21. The van der Waals surface area contributed by atoms with Crippen LogP contribution < -0.4 is 0 Å². The van der Waals surface area contributed by atoms with Crippen LogP contribution in [0.3, 0.4) is 0 Å². The van der Waals surface area contributed by atoms with Crippen molar-refractivity contribution in [3.63, 3.8) is 0 Å². The van der Waals surface area contributed by atoms with Crippen molar-refractivity contribution in [1.82, 2.24) is 4.98 Å². The third-order valence-corrected chi connectivity index (χ3v) is 4.30. The lowest BCUT2D eigenvalue weighted by molar-refractivity contribution is 0.356. The molecule has 1 heterocycles. The molecule has 1 aliphatic rings. The van der Waals surface area contributed by atoms with Crippen molar-refractivity contribution in [2.24, 2.45) is 5.92 Å². The highest BCUT2D eigenvalue weighted by molar-refractivity contribution is 7.11. The smallest absolute Gasteiger partial charge is 0.0930 e. The van der Waals surface area contributed by atoms with E-state index in [1.165, 1.54) is 48.4 Å². The Morgan fingerprint density at radius 1 is 1.36 bits per heavy atom. The third-order valence-electron chi connectivity index (χ3n) is 3.14. The van der Waals surface area contributed by atoms with Crippen molar-refractivity contribution in [2.45, 2.75) is 51.9 Å². The SMILES string of the molecule is CCc1cnc(CC2CCCCC2)s1. The average Bonchev–Trinajstić information content (AvgIpc) is 2.67. The zero-order chi connectivity index (χ0) is 9.80. The lowest BCUT2D eigenvalue weighted by atomic mass is 9.87. The second-order valence-corrected chi connectivity index (χ2v) is 5.48. The molecule has 0 N–H and O–H groups in total. The lowest BCUT2D eigenvalue weighted by Crippen LogP contribution is -2.08. The summed E-state index contributed by atoms with van der Waals surface area (Å²) in [5.74, 6) is 0.930. The van der Waals surface area contributed by atoms with E-state index in [2.05, 4.69) is 18.1 Å². The molecule has 1 aromatic heterocycles. The Morgan fingerprint density at radius 3 is 2.79 bits per heavy atom. The molecule has 1 aliphatic carbocycles. The van der Waals surface area contributed by atoms with Gasteiger partial charge in [0.05, 0.1) is 5.01 Å². The topological polar surface area (TPSA) is 12.9 Å². The third kappa shape index (κ3) is 2.57. The Hall–Kier alpha value is -0.370. The van der Waals surface area contributed by atoms with Gasteiger partial charge in [-0.25, -0.2) is 4.98 Å². The molecule has 1 nitrogen and oxygen atoms in total. The molecule has 2 rings (SSSR count). The van der Waals surface area contributed by atoms with Gasteiger partial charge in [0, 0.05) is 17.5 Å². The summed E-state index contributed by atoms with van der Waals surface area (Å²) in [6, 6.07) is 0. The Morgan fingerprint density at radius 2 is 2.14 bits per heavy atom. The fourth-order valence-electron chi connectivity index (χ4n) is 2.24. The first kappa shape index (κ1) is 10.2. The molecule has 0 bridgehead atoms. The van der Waals surface area contributed by atoms with Crippen molar-refractivity contribution in [1.29, 1.82) is 0 Å². The molecule has 0 aromatic carbocycles. The number of hydrogen-bond acceptors (Lipinski definition) is 2. The lowest BCUT2D eigenvalue weighted by Gasteiger charge is -2.20. The van der Waals surface area contributed by atoms with Gasteiger partial charge in [-0.1, -0.05) is 39.0 Å². The van der Waals surface area contributed by atoms with Crippen LogP contribution in [-0.2, 0) is 12.8 Å². The van der Waals surface area contributed by atoms with Gasteiger partial charge in [0.15, 0.2) is 0 Å². The minimum atomic E-state index is 0.930. The van der Waals surface area contributed by atoms with Crippen LogP contribution in [0.25, 0.3) is 0 Å². The van der Waals surface area contributed by atoms with E-state index in [4.69, 9.17) is 0 Å². The molecule has 0 aliphatic heterocycles. The van der Waals surface area contributed by atoms with Crippen molar-refractivity contribution >= 4 is 11.3 Å². The zero-order valence-electron chi connectivity index (χ0n) is 8.96. The molecule has 0 amide bonds. The van der Waals surface area contributed by atoms with Crippen LogP contribution in [0, 0.1) is 5.92 Å². The molecule has 0 unspecified atom stereocenters. The zero-order valence-corrected chi connectivity index (χ0v) is 9.78. The first-order valence-electron chi connectivity index (χ1n) is 5.82. The Labute approximate surface area is 90.6 Å². The normalized spacial score (nSPS) is 18.6. The fourth-order valence-corrected chi connectivity index (χ4v) is 3.22. The molecule has 0 radical (unpaired) electrons. The molecule has 1 fully saturated rings. The number of rotatable bonds is 3. The summed E-state index contributed by atoms with van der Waals surface area (Å²) in [6.07, 6.45) is 11.6. The Balaban J connectivity index is 1.89. The summed E-state index contributed by atoms with van der Waals surface area (Å²) in [5, 5.41) is 1.37. The maximum atomic E-state index is 4.50. The van der Waals surface area contributed by atoms with Crippen LogP contribution in [-0.4, -0.2) is 4.98 Å². The summed E-state index contributed by atoms with van der Waals surface area (Å²) in [7, 11) is 0. The van der Waals surface area contributed by atoms with E-state index in [0.29, 0.717) is 0 Å². The van der Waals surface area contributed by atoms with E-state index in [0.717, 1.165) is 12.3 Å².